The molecule has 3 aliphatic heterocycles. The number of aromatic nitrogens is 3. The molecule has 0 bridgehead atoms. The van der Waals surface area contributed by atoms with Gasteiger partial charge in [0, 0.05) is 6.20 Å². The Morgan fingerprint density at radius 1 is 1.09 bits per heavy atom. The molecule has 2 saturated heterocycles. The van der Waals surface area contributed by atoms with Crippen LogP contribution in [-0.4, -0.2) is 45.2 Å². The number of rotatable bonds is 2. The molecular weight excluding hydrogens is 455 g/mol. The molecule has 0 amide bonds. The van der Waals surface area contributed by atoms with E-state index >= 15 is 0 Å². The average molecular weight is 477 g/mol. The molecule has 8 nitrogen and oxygen atoms in total. The van der Waals surface area contributed by atoms with Crippen LogP contribution in [0.2, 0.25) is 10.0 Å². The summed E-state index contributed by atoms with van der Waals surface area (Å²) in [7, 11) is 0. The quantitative estimate of drug-likeness (QED) is 0.595. The lowest BCUT2D eigenvalue weighted by Gasteiger charge is -2.33. The Bertz CT molecular complexity index is 1220. The monoisotopic (exact) mass is 476 g/mol. The van der Waals surface area contributed by atoms with Crippen LogP contribution in [0.5, 0.6) is 0 Å². The second kappa shape index (κ2) is 7.28. The number of nitrogens with zero attached hydrogens (tertiary/aromatic N) is 3. The van der Waals surface area contributed by atoms with Gasteiger partial charge >= 0.3 is 0 Å². The largest absolute Gasteiger partial charge is 0.383 e. The molecule has 10 heteroatoms. The third-order valence-electron chi connectivity index (χ3n) is 6.34. The summed E-state index contributed by atoms with van der Waals surface area (Å²) < 4.78 is 27.3. The number of anilines is 1. The summed E-state index contributed by atoms with van der Waals surface area (Å²) in [6, 6.07) is 5.66. The number of ether oxygens (including phenoxy) is 4. The van der Waals surface area contributed by atoms with Gasteiger partial charge in [-0.25, -0.2) is 9.97 Å². The smallest absolute Gasteiger partial charge is 0.164 e. The molecule has 0 spiro atoms. The molecule has 2 aromatic heterocycles. The topological polar surface area (TPSA) is 93.7 Å². The van der Waals surface area contributed by atoms with Gasteiger partial charge in [0.25, 0.3) is 0 Å². The van der Waals surface area contributed by atoms with E-state index in [0.29, 0.717) is 28.1 Å². The van der Waals surface area contributed by atoms with Crippen LogP contribution in [0.25, 0.3) is 11.0 Å². The Labute approximate surface area is 194 Å². The molecule has 0 radical (unpaired) electrons. The number of fused-ring (bicyclic) bond motifs is 3. The maximum absolute atomic E-state index is 6.59. The zero-order valence-electron chi connectivity index (χ0n) is 17.5. The third kappa shape index (κ3) is 3.13. The van der Waals surface area contributed by atoms with Gasteiger partial charge in [0.2, 0.25) is 0 Å². The van der Waals surface area contributed by atoms with Crippen LogP contribution in [0.4, 0.5) is 5.82 Å². The predicted molar refractivity (Wildman–Crippen MR) is 119 cm³/mol. The number of nitrogens with two attached hydrogens (primary N) is 1. The SMILES string of the molecule is CC1(C)O[C@H]2[C@@H](O1)[C@H](n1ccc3c(N)ncnc31)O[C@@H]2[C@@H]1OCCc2cc(Cl)c(Cl)cc21. The summed E-state index contributed by atoms with van der Waals surface area (Å²) in [6.45, 7) is 4.36. The number of hydrogen-bond acceptors (Lipinski definition) is 7. The first kappa shape index (κ1) is 20.7. The Hall–Kier alpha value is -1.94. The van der Waals surface area contributed by atoms with Gasteiger partial charge in [0.15, 0.2) is 12.0 Å². The molecule has 0 aliphatic carbocycles. The normalized spacial score (nSPS) is 31.1. The van der Waals surface area contributed by atoms with Gasteiger partial charge < -0.3 is 29.2 Å². The molecular formula is C22H22Cl2N4O4. The van der Waals surface area contributed by atoms with E-state index in [1.165, 1.54) is 6.33 Å². The minimum atomic E-state index is -0.762. The lowest BCUT2D eigenvalue weighted by atomic mass is 9.92. The van der Waals surface area contributed by atoms with Gasteiger partial charge in [-0.05, 0) is 49.6 Å². The van der Waals surface area contributed by atoms with Crippen LogP contribution in [0.3, 0.4) is 0 Å². The predicted octanol–water partition coefficient (Wildman–Crippen LogP) is 4.05. The highest BCUT2D eigenvalue weighted by atomic mass is 35.5. The van der Waals surface area contributed by atoms with E-state index in [1.807, 2.05) is 42.8 Å². The average Bonchev–Trinajstić information content (AvgIpc) is 3.40. The molecule has 0 unspecified atom stereocenters. The molecule has 168 valence electrons. The Balaban J connectivity index is 1.43. The van der Waals surface area contributed by atoms with Crippen LogP contribution in [0.15, 0.2) is 30.7 Å². The fraction of sp³-hybridized carbons (Fsp3) is 0.455. The highest BCUT2D eigenvalue weighted by molar-refractivity contribution is 6.42. The molecule has 32 heavy (non-hydrogen) atoms. The van der Waals surface area contributed by atoms with Gasteiger partial charge in [-0.2, -0.15) is 0 Å². The molecule has 3 aliphatic rings. The maximum atomic E-state index is 6.59. The third-order valence-corrected chi connectivity index (χ3v) is 7.06. The van der Waals surface area contributed by atoms with Crippen molar-refractivity contribution in [2.75, 3.05) is 12.3 Å². The minimum Gasteiger partial charge on any atom is -0.383 e. The number of halogens is 2. The number of benzene rings is 1. The Morgan fingerprint density at radius 3 is 2.72 bits per heavy atom. The first-order valence-electron chi connectivity index (χ1n) is 10.5. The first-order chi connectivity index (χ1) is 15.3. The van der Waals surface area contributed by atoms with E-state index in [-0.39, 0.29) is 18.3 Å². The second-order valence-corrected chi connectivity index (χ2v) is 9.60. The van der Waals surface area contributed by atoms with E-state index in [1.54, 1.807) is 0 Å². The van der Waals surface area contributed by atoms with Crippen molar-refractivity contribution in [3.05, 3.63) is 51.9 Å². The lowest BCUT2D eigenvalue weighted by molar-refractivity contribution is -0.212. The fourth-order valence-corrected chi connectivity index (χ4v) is 5.37. The summed E-state index contributed by atoms with van der Waals surface area (Å²) in [5, 5.41) is 1.78. The fourth-order valence-electron chi connectivity index (χ4n) is 5.01. The van der Waals surface area contributed by atoms with Crippen molar-refractivity contribution in [2.24, 2.45) is 0 Å². The van der Waals surface area contributed by atoms with E-state index in [0.717, 1.165) is 22.9 Å². The summed E-state index contributed by atoms with van der Waals surface area (Å²) in [5.41, 5.74) is 8.78. The number of nitrogen functional groups attached to an aromatic ring is 1. The van der Waals surface area contributed by atoms with E-state index in [4.69, 9.17) is 47.9 Å². The molecule has 0 saturated carbocycles. The van der Waals surface area contributed by atoms with Crippen LogP contribution in [0, 0.1) is 0 Å². The summed E-state index contributed by atoms with van der Waals surface area (Å²) in [4.78, 5) is 8.50. The highest BCUT2D eigenvalue weighted by Gasteiger charge is 2.58. The molecule has 6 rings (SSSR count). The molecule has 5 atom stereocenters. The molecule has 5 heterocycles. The van der Waals surface area contributed by atoms with Crippen LogP contribution < -0.4 is 5.73 Å². The zero-order chi connectivity index (χ0) is 22.2. The second-order valence-electron chi connectivity index (χ2n) is 8.78. The molecule has 3 aromatic rings. The Morgan fingerprint density at radius 2 is 1.88 bits per heavy atom. The molecule has 2 N–H and O–H groups in total. The molecule has 2 fully saturated rings. The van der Waals surface area contributed by atoms with Crippen LogP contribution in [0.1, 0.15) is 37.3 Å². The minimum absolute atomic E-state index is 0.350. The van der Waals surface area contributed by atoms with Crippen molar-refractivity contribution < 1.29 is 18.9 Å². The molecule has 1 aromatic carbocycles. The van der Waals surface area contributed by atoms with Crippen molar-refractivity contribution in [1.29, 1.82) is 0 Å². The first-order valence-corrected chi connectivity index (χ1v) is 11.3. The van der Waals surface area contributed by atoms with Crippen molar-refractivity contribution >= 4 is 40.1 Å². The van der Waals surface area contributed by atoms with Gasteiger partial charge in [-0.3, -0.25) is 0 Å². The maximum Gasteiger partial charge on any atom is 0.164 e. The standard InChI is InChI=1S/C22H22Cl2N4O4/c1-22(2)31-17-16(15-12-8-14(24)13(23)7-10(12)4-6-29-15)30-21(18(17)32-22)28-5-3-11-19(25)26-9-27-20(11)28/h3,5,7-9,15-18,21H,4,6H2,1-2H3,(H2,25,26,27)/t15-,16-,17-,18-,21-/m1/s1. The van der Waals surface area contributed by atoms with Crippen LogP contribution >= 0.6 is 23.2 Å². The number of hydrogen-bond donors (Lipinski definition) is 1. The summed E-state index contributed by atoms with van der Waals surface area (Å²) in [6.07, 6.45) is 2.12. The van der Waals surface area contributed by atoms with Crippen molar-refractivity contribution in [3.8, 4) is 0 Å². The van der Waals surface area contributed by atoms with E-state index < -0.39 is 18.1 Å². The van der Waals surface area contributed by atoms with Gasteiger partial charge in [-0.15, -0.1) is 0 Å². The zero-order valence-corrected chi connectivity index (χ0v) is 19.0. The van der Waals surface area contributed by atoms with Crippen molar-refractivity contribution in [3.63, 3.8) is 0 Å². The van der Waals surface area contributed by atoms with Crippen molar-refractivity contribution in [1.82, 2.24) is 14.5 Å². The van der Waals surface area contributed by atoms with E-state index in [2.05, 4.69) is 9.97 Å². The summed E-state index contributed by atoms with van der Waals surface area (Å²) >= 11 is 12.6. The van der Waals surface area contributed by atoms with Gasteiger partial charge in [-0.1, -0.05) is 23.2 Å². The van der Waals surface area contributed by atoms with Gasteiger partial charge in [0.05, 0.1) is 22.0 Å². The van der Waals surface area contributed by atoms with Gasteiger partial charge in [0.1, 0.15) is 42.2 Å². The highest BCUT2D eigenvalue weighted by Crippen LogP contribution is 2.49. The van der Waals surface area contributed by atoms with Crippen LogP contribution in [-0.2, 0) is 25.4 Å². The van der Waals surface area contributed by atoms with E-state index in [9.17, 15) is 0 Å². The summed E-state index contributed by atoms with van der Waals surface area (Å²) in [5.74, 6) is -0.346. The van der Waals surface area contributed by atoms with Crippen molar-refractivity contribution in [2.45, 2.75) is 56.7 Å². The Kier molecular flexibility index (Phi) is 4.70. The lowest BCUT2D eigenvalue weighted by Crippen LogP contribution is -2.37.